The number of fused-ring (bicyclic) bond motifs is 3. The number of methoxy groups -OCH3 is 3. The topological polar surface area (TPSA) is 98.8 Å². The van der Waals surface area contributed by atoms with E-state index >= 15 is 0 Å². The second kappa shape index (κ2) is 8.06. The van der Waals surface area contributed by atoms with E-state index in [1.54, 1.807) is 0 Å². The minimum absolute atomic E-state index is 0.0974. The van der Waals surface area contributed by atoms with Crippen molar-refractivity contribution in [2.75, 3.05) is 34.7 Å². The van der Waals surface area contributed by atoms with Crippen molar-refractivity contribution in [3.63, 3.8) is 0 Å². The molecule has 0 aromatic heterocycles. The highest BCUT2D eigenvalue weighted by atomic mass is 16.7. The molecule has 2 heterocycles. The van der Waals surface area contributed by atoms with E-state index < -0.39 is 23.9 Å². The van der Waals surface area contributed by atoms with E-state index in [1.165, 1.54) is 28.3 Å². The van der Waals surface area contributed by atoms with Gasteiger partial charge in [-0.3, -0.25) is 9.59 Å². The lowest BCUT2D eigenvalue weighted by Crippen LogP contribution is -2.36. The molecule has 0 saturated carbocycles. The molecule has 1 saturated heterocycles. The van der Waals surface area contributed by atoms with Gasteiger partial charge in [0.15, 0.2) is 23.0 Å². The van der Waals surface area contributed by atoms with Crippen molar-refractivity contribution >= 4 is 11.9 Å². The second-order valence-electron chi connectivity index (χ2n) is 8.12. The Labute approximate surface area is 190 Å². The fourth-order valence-corrected chi connectivity index (χ4v) is 5.12. The van der Waals surface area contributed by atoms with E-state index in [4.69, 9.17) is 33.2 Å². The second-order valence-corrected chi connectivity index (χ2v) is 8.12. The van der Waals surface area contributed by atoms with Crippen LogP contribution in [0.5, 0.6) is 28.7 Å². The summed E-state index contributed by atoms with van der Waals surface area (Å²) in [6.07, 6.45) is -0.651. The van der Waals surface area contributed by atoms with Gasteiger partial charge in [0, 0.05) is 24.3 Å². The molecule has 2 aromatic carbocycles. The number of carbonyl (C=O) groups excluding carboxylic acids is 2. The Balaban J connectivity index is 1.75. The van der Waals surface area contributed by atoms with E-state index in [2.05, 4.69) is 0 Å². The molecule has 9 heteroatoms. The van der Waals surface area contributed by atoms with Crippen LogP contribution < -0.4 is 23.7 Å². The Bertz CT molecular complexity index is 1100. The highest BCUT2D eigenvalue weighted by molar-refractivity contribution is 5.79. The number of esters is 2. The fraction of sp³-hybridized carbons (Fsp3) is 0.417. The molecule has 0 bridgehead atoms. The lowest BCUT2D eigenvalue weighted by atomic mass is 9.66. The molecule has 2 aromatic rings. The van der Waals surface area contributed by atoms with Gasteiger partial charge in [0.05, 0.1) is 33.9 Å². The summed E-state index contributed by atoms with van der Waals surface area (Å²) in [5.41, 5.74) is 2.33. The van der Waals surface area contributed by atoms with Gasteiger partial charge in [-0.05, 0) is 35.4 Å². The van der Waals surface area contributed by atoms with Crippen LogP contribution in [0, 0.1) is 11.8 Å². The molecule has 0 unspecified atom stereocenters. The zero-order valence-electron chi connectivity index (χ0n) is 18.7. The van der Waals surface area contributed by atoms with Crippen molar-refractivity contribution in [2.45, 2.75) is 18.9 Å². The molecular formula is C24H24O9. The first-order valence-electron chi connectivity index (χ1n) is 10.5. The van der Waals surface area contributed by atoms with Crippen LogP contribution in [0.3, 0.4) is 0 Å². The average Bonchev–Trinajstić information content (AvgIpc) is 3.43. The van der Waals surface area contributed by atoms with Crippen LogP contribution in [0.1, 0.15) is 35.6 Å². The molecule has 4 atom stereocenters. The molecule has 0 radical (unpaired) electrons. The molecule has 5 rings (SSSR count). The normalized spacial score (nSPS) is 24.4. The van der Waals surface area contributed by atoms with Crippen LogP contribution in [-0.2, 0) is 19.1 Å². The molecule has 2 aliphatic heterocycles. The Kier molecular flexibility index (Phi) is 5.19. The molecule has 3 aliphatic rings. The number of rotatable bonds is 5. The minimum atomic E-state index is -0.651. The molecular weight excluding hydrogens is 432 g/mol. The average molecular weight is 456 g/mol. The molecule has 0 spiro atoms. The van der Waals surface area contributed by atoms with Gasteiger partial charge in [0.25, 0.3) is 0 Å². The predicted molar refractivity (Wildman–Crippen MR) is 113 cm³/mol. The zero-order chi connectivity index (χ0) is 23.3. The molecule has 1 fully saturated rings. The van der Waals surface area contributed by atoms with Crippen molar-refractivity contribution in [3.05, 3.63) is 41.0 Å². The molecule has 9 nitrogen and oxygen atoms in total. The number of hydrogen-bond donors (Lipinski definition) is 0. The van der Waals surface area contributed by atoms with Gasteiger partial charge < -0.3 is 33.2 Å². The molecule has 1 aliphatic carbocycles. The Morgan fingerprint density at radius 3 is 2.12 bits per heavy atom. The highest BCUT2D eigenvalue weighted by Gasteiger charge is 2.54. The Morgan fingerprint density at radius 1 is 0.909 bits per heavy atom. The van der Waals surface area contributed by atoms with Crippen LogP contribution in [0.25, 0.3) is 0 Å². The maximum Gasteiger partial charge on any atom is 0.310 e. The van der Waals surface area contributed by atoms with Crippen molar-refractivity contribution in [1.29, 1.82) is 0 Å². The standard InChI is InChI=1S/C24H24O9/c1-11(25)33-22-14-8-17-16(31-10-32-17)7-13(14)20(21-15(22)9-30-24(21)26)12-5-18(27-2)23(29-4)19(6-12)28-3/h5-8,15,20-22H,9-10H2,1-4H3/t15-,20+,21+,22+/m0/s1. The number of hydrogen-bond acceptors (Lipinski definition) is 9. The first kappa shape index (κ1) is 21.2. The largest absolute Gasteiger partial charge is 0.493 e. The molecule has 0 amide bonds. The third-order valence-electron chi connectivity index (χ3n) is 6.46. The van der Waals surface area contributed by atoms with Gasteiger partial charge in [-0.1, -0.05) is 0 Å². The smallest absolute Gasteiger partial charge is 0.310 e. The van der Waals surface area contributed by atoms with Crippen molar-refractivity contribution < 1.29 is 42.7 Å². The lowest BCUT2D eigenvalue weighted by Gasteiger charge is -2.38. The number of benzene rings is 2. The molecule has 33 heavy (non-hydrogen) atoms. The number of ether oxygens (including phenoxy) is 7. The Hall–Kier alpha value is -3.62. The molecule has 0 N–H and O–H groups in total. The summed E-state index contributed by atoms with van der Waals surface area (Å²) in [6, 6.07) is 7.34. The monoisotopic (exact) mass is 456 g/mol. The summed E-state index contributed by atoms with van der Waals surface area (Å²) in [5, 5.41) is 0. The maximum absolute atomic E-state index is 13.0. The van der Waals surface area contributed by atoms with E-state index in [9.17, 15) is 9.59 Å². The predicted octanol–water partition coefficient (Wildman–Crippen LogP) is 2.98. The summed E-state index contributed by atoms with van der Waals surface area (Å²) in [6.45, 7) is 1.60. The van der Waals surface area contributed by atoms with E-state index in [-0.39, 0.29) is 25.3 Å². The van der Waals surface area contributed by atoms with E-state index in [0.29, 0.717) is 28.7 Å². The molecule has 174 valence electrons. The van der Waals surface area contributed by atoms with Gasteiger partial charge >= 0.3 is 11.9 Å². The zero-order valence-corrected chi connectivity index (χ0v) is 18.7. The third kappa shape index (κ3) is 3.30. The van der Waals surface area contributed by atoms with Gasteiger partial charge in [-0.2, -0.15) is 0 Å². The van der Waals surface area contributed by atoms with Gasteiger partial charge in [-0.15, -0.1) is 0 Å². The van der Waals surface area contributed by atoms with Crippen LogP contribution in [0.4, 0.5) is 0 Å². The Morgan fingerprint density at radius 2 is 1.55 bits per heavy atom. The lowest BCUT2D eigenvalue weighted by molar-refractivity contribution is -0.152. The van der Waals surface area contributed by atoms with Crippen LogP contribution in [-0.4, -0.2) is 46.7 Å². The van der Waals surface area contributed by atoms with Crippen molar-refractivity contribution in [1.82, 2.24) is 0 Å². The number of carbonyl (C=O) groups is 2. The summed E-state index contributed by atoms with van der Waals surface area (Å²) >= 11 is 0. The fourth-order valence-electron chi connectivity index (χ4n) is 5.12. The van der Waals surface area contributed by atoms with Gasteiger partial charge in [0.2, 0.25) is 12.5 Å². The van der Waals surface area contributed by atoms with Gasteiger partial charge in [0.1, 0.15) is 6.10 Å². The first-order valence-corrected chi connectivity index (χ1v) is 10.5. The third-order valence-corrected chi connectivity index (χ3v) is 6.46. The summed E-state index contributed by atoms with van der Waals surface area (Å²) in [5.74, 6) is 0.383. The highest BCUT2D eigenvalue weighted by Crippen LogP contribution is 2.56. The SMILES string of the molecule is COc1cc([C@@H]2c3cc4c(cc3[C@@H](OC(C)=O)[C@H]3COC(=O)[C@@H]23)OCO4)cc(OC)c1OC. The summed E-state index contributed by atoms with van der Waals surface area (Å²) < 4.78 is 38.9. The van der Waals surface area contributed by atoms with E-state index in [1.807, 2.05) is 24.3 Å². The van der Waals surface area contributed by atoms with Crippen LogP contribution in [0.2, 0.25) is 0 Å². The summed E-state index contributed by atoms with van der Waals surface area (Å²) in [4.78, 5) is 25.0. The van der Waals surface area contributed by atoms with Gasteiger partial charge in [-0.25, -0.2) is 0 Å². The van der Waals surface area contributed by atoms with Crippen LogP contribution >= 0.6 is 0 Å². The maximum atomic E-state index is 13.0. The van der Waals surface area contributed by atoms with Crippen molar-refractivity contribution in [3.8, 4) is 28.7 Å². The van der Waals surface area contributed by atoms with Crippen LogP contribution in [0.15, 0.2) is 24.3 Å². The number of cyclic esters (lactones) is 1. The summed E-state index contributed by atoms with van der Waals surface area (Å²) in [7, 11) is 4.61. The minimum Gasteiger partial charge on any atom is -0.493 e. The van der Waals surface area contributed by atoms with Crippen molar-refractivity contribution in [2.24, 2.45) is 11.8 Å². The first-order chi connectivity index (χ1) is 16.0. The quantitative estimate of drug-likeness (QED) is 0.629. The van der Waals surface area contributed by atoms with E-state index in [0.717, 1.165) is 16.7 Å².